The first-order chi connectivity index (χ1) is 10.5. The Morgan fingerprint density at radius 1 is 1.14 bits per heavy atom. The lowest BCUT2D eigenvalue weighted by Crippen LogP contribution is -2.59. The molecule has 0 aromatic heterocycles. The second-order valence-corrected chi connectivity index (χ2v) is 8.66. The second kappa shape index (κ2) is 6.15. The minimum Gasteiger partial charge on any atom is -0.444 e. The number of hydrogen-bond acceptors (Lipinski definition) is 3. The molecule has 1 N–H and O–H groups in total. The fraction of sp³-hybridized carbons (Fsp3) is 0.611. The summed E-state index contributed by atoms with van der Waals surface area (Å²) in [4.78, 5) is 13.1. The topological polar surface area (TPSA) is 38.3 Å². The van der Waals surface area contributed by atoms with Crippen LogP contribution in [0.15, 0.2) is 35.2 Å². The number of alkyl carbamates (subject to hydrolysis) is 1. The molecule has 2 fully saturated rings. The Bertz CT molecular complexity index is 523. The molecule has 1 saturated heterocycles. The third-order valence-corrected chi connectivity index (χ3v) is 6.40. The van der Waals surface area contributed by atoms with Crippen LogP contribution in [0.3, 0.4) is 0 Å². The average Bonchev–Trinajstić information content (AvgIpc) is 2.52. The van der Waals surface area contributed by atoms with E-state index >= 15 is 0 Å². The molecule has 3 nitrogen and oxygen atoms in total. The van der Waals surface area contributed by atoms with Gasteiger partial charge in [0.2, 0.25) is 0 Å². The van der Waals surface area contributed by atoms with Crippen LogP contribution in [-0.4, -0.2) is 23.5 Å². The standard InChI is InChI=1S/C18H25NO2S/c1-17(2)13-19-16(20)21-15(17)18(11-7-4-8-12-18)22-14-9-5-3-6-10-14/h3,5-6,9-10,15H,4,7-8,11-13H2,1-2H3,(H,19,20). The molecular weight excluding hydrogens is 294 g/mol. The highest BCUT2D eigenvalue weighted by Crippen LogP contribution is 2.52. The SMILES string of the molecule is CC1(C)CNC(=O)OC1C1(Sc2ccccc2)CCCCC1. The van der Waals surface area contributed by atoms with Crippen molar-refractivity contribution >= 4 is 17.9 Å². The molecule has 1 atom stereocenters. The van der Waals surface area contributed by atoms with Crippen LogP contribution in [0.5, 0.6) is 0 Å². The van der Waals surface area contributed by atoms with Gasteiger partial charge in [0, 0.05) is 16.9 Å². The first-order valence-corrected chi connectivity index (χ1v) is 9.02. The summed E-state index contributed by atoms with van der Waals surface area (Å²) >= 11 is 1.92. The predicted molar refractivity (Wildman–Crippen MR) is 90.2 cm³/mol. The highest BCUT2D eigenvalue weighted by molar-refractivity contribution is 8.00. The van der Waals surface area contributed by atoms with E-state index in [2.05, 4.69) is 43.4 Å². The molecule has 1 aromatic rings. The van der Waals surface area contributed by atoms with E-state index in [9.17, 15) is 4.79 Å². The molecule has 1 amide bonds. The summed E-state index contributed by atoms with van der Waals surface area (Å²) in [5.41, 5.74) is -0.0486. The first-order valence-electron chi connectivity index (χ1n) is 8.20. The number of benzene rings is 1. The Morgan fingerprint density at radius 3 is 2.50 bits per heavy atom. The second-order valence-electron chi connectivity index (χ2n) is 7.17. The van der Waals surface area contributed by atoms with Crippen LogP contribution in [-0.2, 0) is 4.74 Å². The number of thioether (sulfide) groups is 1. The van der Waals surface area contributed by atoms with Crippen molar-refractivity contribution in [2.75, 3.05) is 6.54 Å². The van der Waals surface area contributed by atoms with Crippen LogP contribution >= 0.6 is 11.8 Å². The molecule has 120 valence electrons. The van der Waals surface area contributed by atoms with Gasteiger partial charge in [-0.25, -0.2) is 4.79 Å². The zero-order valence-corrected chi connectivity index (χ0v) is 14.2. The Morgan fingerprint density at radius 2 is 1.82 bits per heavy atom. The van der Waals surface area contributed by atoms with Gasteiger partial charge in [-0.3, -0.25) is 0 Å². The third-order valence-electron chi connectivity index (χ3n) is 4.87. The number of carbonyl (C=O) groups is 1. The molecule has 4 heteroatoms. The Kier molecular flexibility index (Phi) is 4.40. The van der Waals surface area contributed by atoms with Gasteiger partial charge in [-0.05, 0) is 25.0 Å². The molecule has 1 unspecified atom stereocenters. The lowest BCUT2D eigenvalue weighted by Gasteiger charge is -2.50. The molecule has 0 bridgehead atoms. The van der Waals surface area contributed by atoms with Crippen LogP contribution < -0.4 is 5.32 Å². The third kappa shape index (κ3) is 3.12. The molecule has 22 heavy (non-hydrogen) atoms. The van der Waals surface area contributed by atoms with E-state index in [1.54, 1.807) is 0 Å². The molecule has 1 aromatic carbocycles. The molecule has 2 aliphatic rings. The van der Waals surface area contributed by atoms with Crippen molar-refractivity contribution in [3.8, 4) is 0 Å². The van der Waals surface area contributed by atoms with E-state index < -0.39 is 0 Å². The Hall–Kier alpha value is -1.16. The zero-order chi connectivity index (χ0) is 15.6. The summed E-state index contributed by atoms with van der Waals surface area (Å²) in [5, 5.41) is 2.85. The molecule has 1 heterocycles. The largest absolute Gasteiger partial charge is 0.444 e. The van der Waals surface area contributed by atoms with Crippen molar-refractivity contribution in [2.24, 2.45) is 5.41 Å². The van der Waals surface area contributed by atoms with Crippen LogP contribution in [0.2, 0.25) is 0 Å². The number of nitrogens with one attached hydrogen (secondary N) is 1. The van der Waals surface area contributed by atoms with Gasteiger partial charge in [0.05, 0.1) is 4.75 Å². The summed E-state index contributed by atoms with van der Waals surface area (Å²) in [6.45, 7) is 5.10. The minimum absolute atomic E-state index is 0.000856. The minimum atomic E-state index is -0.261. The summed E-state index contributed by atoms with van der Waals surface area (Å²) < 4.78 is 5.85. The van der Waals surface area contributed by atoms with Gasteiger partial charge in [0.15, 0.2) is 0 Å². The smallest absolute Gasteiger partial charge is 0.407 e. The summed E-state index contributed by atoms with van der Waals surface area (Å²) in [5.74, 6) is 0. The van der Waals surface area contributed by atoms with E-state index in [1.165, 1.54) is 24.2 Å². The zero-order valence-electron chi connectivity index (χ0n) is 13.4. The van der Waals surface area contributed by atoms with Gasteiger partial charge in [0.1, 0.15) is 6.10 Å². The highest BCUT2D eigenvalue weighted by atomic mass is 32.2. The normalized spacial score (nSPS) is 26.8. The van der Waals surface area contributed by atoms with Gasteiger partial charge in [-0.15, -0.1) is 11.8 Å². The molecule has 0 spiro atoms. The van der Waals surface area contributed by atoms with Gasteiger partial charge in [0.25, 0.3) is 0 Å². The molecule has 1 aliphatic heterocycles. The van der Waals surface area contributed by atoms with Gasteiger partial charge in [-0.2, -0.15) is 0 Å². The Labute approximate surface area is 137 Å². The Balaban J connectivity index is 1.92. The maximum atomic E-state index is 11.9. The average molecular weight is 319 g/mol. The van der Waals surface area contributed by atoms with Crippen LogP contribution in [0.4, 0.5) is 4.79 Å². The summed E-state index contributed by atoms with van der Waals surface area (Å²) in [7, 11) is 0. The van der Waals surface area contributed by atoms with Gasteiger partial charge in [-0.1, -0.05) is 51.3 Å². The molecule has 0 radical (unpaired) electrons. The van der Waals surface area contributed by atoms with Crippen molar-refractivity contribution in [3.05, 3.63) is 30.3 Å². The number of rotatable bonds is 3. The molecule has 1 aliphatic carbocycles. The van der Waals surface area contributed by atoms with Crippen LogP contribution in [0, 0.1) is 5.41 Å². The monoisotopic (exact) mass is 319 g/mol. The number of amides is 1. The molecular formula is C18H25NO2S. The van der Waals surface area contributed by atoms with Crippen molar-refractivity contribution < 1.29 is 9.53 Å². The molecule has 1 saturated carbocycles. The van der Waals surface area contributed by atoms with Gasteiger partial charge >= 0.3 is 6.09 Å². The van der Waals surface area contributed by atoms with Crippen molar-refractivity contribution in [1.82, 2.24) is 5.32 Å². The predicted octanol–water partition coefficient (Wildman–Crippen LogP) is 4.62. The van der Waals surface area contributed by atoms with E-state index in [0.717, 1.165) is 12.8 Å². The van der Waals surface area contributed by atoms with E-state index in [4.69, 9.17) is 4.74 Å². The fourth-order valence-corrected chi connectivity index (χ4v) is 5.54. The number of hydrogen-bond donors (Lipinski definition) is 1. The van der Waals surface area contributed by atoms with E-state index in [0.29, 0.717) is 6.54 Å². The van der Waals surface area contributed by atoms with Crippen molar-refractivity contribution in [3.63, 3.8) is 0 Å². The van der Waals surface area contributed by atoms with Crippen molar-refractivity contribution in [2.45, 2.75) is 61.7 Å². The van der Waals surface area contributed by atoms with E-state index in [1.807, 2.05) is 17.8 Å². The lowest BCUT2D eigenvalue weighted by molar-refractivity contribution is -0.0346. The van der Waals surface area contributed by atoms with Crippen molar-refractivity contribution in [1.29, 1.82) is 0 Å². The fourth-order valence-electron chi connectivity index (χ4n) is 3.81. The first kappa shape index (κ1) is 15.7. The maximum Gasteiger partial charge on any atom is 0.407 e. The van der Waals surface area contributed by atoms with Crippen LogP contribution in [0.1, 0.15) is 46.0 Å². The highest BCUT2D eigenvalue weighted by Gasteiger charge is 2.52. The lowest BCUT2D eigenvalue weighted by atomic mass is 9.72. The number of ether oxygens (including phenoxy) is 1. The molecule has 3 rings (SSSR count). The van der Waals surface area contributed by atoms with E-state index in [-0.39, 0.29) is 22.4 Å². The maximum absolute atomic E-state index is 11.9. The number of cyclic esters (lactones) is 1. The van der Waals surface area contributed by atoms with Gasteiger partial charge < -0.3 is 10.1 Å². The van der Waals surface area contributed by atoms with Crippen LogP contribution in [0.25, 0.3) is 0 Å². The quantitative estimate of drug-likeness (QED) is 0.883. The number of carbonyl (C=O) groups excluding carboxylic acids is 1. The summed E-state index contributed by atoms with van der Waals surface area (Å²) in [6, 6.07) is 10.5. The summed E-state index contributed by atoms with van der Waals surface area (Å²) in [6.07, 6.45) is 5.66.